The maximum atomic E-state index is 10.9. The fourth-order valence-corrected chi connectivity index (χ4v) is 1.09. The first-order chi connectivity index (χ1) is 4.76. The fourth-order valence-electron chi connectivity index (χ4n) is 1.09. The smallest absolute Gasteiger partial charge is 0.193 e. The average Bonchev–Trinajstić information content (AvgIpc) is 1.54. The summed E-state index contributed by atoms with van der Waals surface area (Å²) in [5.41, 5.74) is 16.9. The average molecular weight is 155 g/mol. The predicted molar refractivity (Wildman–Crippen MR) is 47.2 cm³/mol. The van der Waals surface area contributed by atoms with Crippen LogP contribution in [0.3, 0.4) is 0 Å². The van der Waals surface area contributed by atoms with Gasteiger partial charge in [-0.25, -0.2) is 0 Å². The van der Waals surface area contributed by atoms with Gasteiger partial charge in [0.25, 0.3) is 0 Å². The second-order valence-corrected chi connectivity index (χ2v) is 2.86. The number of allylic oxidation sites excluding steroid dienone is 1. The van der Waals surface area contributed by atoms with Crippen LogP contribution in [0.4, 0.5) is 0 Å². The molecule has 0 saturated carbocycles. The molecule has 0 atom stereocenters. The summed E-state index contributed by atoms with van der Waals surface area (Å²) in [7, 11) is 1.39. The molecule has 0 aliphatic carbocycles. The molecule has 0 unspecified atom stereocenters. The highest BCUT2D eigenvalue weighted by molar-refractivity contribution is 6.62. The summed E-state index contributed by atoms with van der Waals surface area (Å²) in [6, 6.07) is 0. The highest BCUT2D eigenvalue weighted by Gasteiger charge is 2.23. The van der Waals surface area contributed by atoms with E-state index in [9.17, 15) is 4.79 Å². The molecule has 0 aromatic heterocycles. The van der Waals surface area contributed by atoms with Crippen molar-refractivity contribution in [2.24, 2.45) is 17.2 Å². The summed E-state index contributed by atoms with van der Waals surface area (Å²) in [5.74, 6) is -1.51. The number of hydrogen-bond donors (Lipinski definition) is 3. The SMILES string of the molecule is BC(=O)C(=C(C)C)C(N)(N)N. The predicted octanol–water partition coefficient (Wildman–Crippen LogP) is -1.99. The van der Waals surface area contributed by atoms with E-state index < -0.39 is 5.79 Å². The molecule has 0 aromatic rings. The Morgan fingerprint density at radius 1 is 1.27 bits per heavy atom. The summed E-state index contributed by atoms with van der Waals surface area (Å²) in [6.07, 6.45) is 0. The van der Waals surface area contributed by atoms with E-state index in [-0.39, 0.29) is 11.3 Å². The third-order valence-electron chi connectivity index (χ3n) is 1.29. The number of nitrogens with two attached hydrogens (primary N) is 3. The zero-order valence-electron chi connectivity index (χ0n) is 7.14. The molecule has 0 aliphatic rings. The maximum Gasteiger partial charge on any atom is 0.193 e. The largest absolute Gasteiger partial charge is 0.307 e. The van der Waals surface area contributed by atoms with Crippen molar-refractivity contribution in [2.45, 2.75) is 19.6 Å². The van der Waals surface area contributed by atoms with Gasteiger partial charge in [0, 0.05) is 5.57 Å². The Morgan fingerprint density at radius 2 is 1.64 bits per heavy atom. The van der Waals surface area contributed by atoms with Gasteiger partial charge in [-0.3, -0.25) is 17.2 Å². The van der Waals surface area contributed by atoms with Crippen molar-refractivity contribution < 1.29 is 4.79 Å². The minimum absolute atomic E-state index is 0.183. The van der Waals surface area contributed by atoms with E-state index in [0.717, 1.165) is 5.57 Å². The molecule has 0 rings (SSSR count). The molecule has 0 saturated heterocycles. The van der Waals surface area contributed by atoms with E-state index in [1.54, 1.807) is 13.8 Å². The first kappa shape index (κ1) is 10.4. The maximum absolute atomic E-state index is 10.9. The van der Waals surface area contributed by atoms with Gasteiger partial charge < -0.3 is 4.79 Å². The van der Waals surface area contributed by atoms with Crippen molar-refractivity contribution in [3.05, 3.63) is 11.1 Å². The van der Waals surface area contributed by atoms with E-state index in [4.69, 9.17) is 17.2 Å². The van der Waals surface area contributed by atoms with Crippen molar-refractivity contribution >= 4 is 13.5 Å². The zero-order chi connectivity index (χ0) is 9.23. The molecule has 11 heavy (non-hydrogen) atoms. The second-order valence-electron chi connectivity index (χ2n) is 2.86. The number of hydrogen-bond acceptors (Lipinski definition) is 4. The molecular weight excluding hydrogens is 141 g/mol. The van der Waals surface area contributed by atoms with E-state index >= 15 is 0 Å². The molecule has 5 heteroatoms. The lowest BCUT2D eigenvalue weighted by Gasteiger charge is -2.22. The van der Waals surface area contributed by atoms with E-state index in [2.05, 4.69) is 0 Å². The summed E-state index contributed by atoms with van der Waals surface area (Å²) in [4.78, 5) is 10.9. The number of rotatable bonds is 2. The van der Waals surface area contributed by atoms with Crippen LogP contribution < -0.4 is 17.2 Å². The Kier molecular flexibility index (Phi) is 2.98. The van der Waals surface area contributed by atoms with Crippen LogP contribution in [0.25, 0.3) is 0 Å². The molecule has 0 fully saturated rings. The van der Waals surface area contributed by atoms with Crippen LogP contribution >= 0.6 is 0 Å². The Hall–Kier alpha value is -0.645. The molecule has 0 radical (unpaired) electrons. The number of carbonyl (C=O) groups is 1. The van der Waals surface area contributed by atoms with Crippen molar-refractivity contribution in [2.75, 3.05) is 0 Å². The molecule has 6 N–H and O–H groups in total. The van der Waals surface area contributed by atoms with Crippen LogP contribution in [0.5, 0.6) is 0 Å². The Bertz CT molecular complexity index is 200. The molecule has 0 aromatic carbocycles. The van der Waals surface area contributed by atoms with Gasteiger partial charge in [-0.15, -0.1) is 0 Å². The lowest BCUT2D eigenvalue weighted by atomic mass is 9.88. The number of carbonyl (C=O) groups excluding carboxylic acids is 1. The highest BCUT2D eigenvalue weighted by atomic mass is 16.1. The fraction of sp³-hybridized carbons (Fsp3) is 0.500. The van der Waals surface area contributed by atoms with E-state index in [1.807, 2.05) is 0 Å². The summed E-state index contributed by atoms with van der Waals surface area (Å²) in [6.45, 7) is 3.50. The van der Waals surface area contributed by atoms with Gasteiger partial charge in [0.05, 0.1) is 0 Å². The van der Waals surface area contributed by atoms with Gasteiger partial charge in [0.2, 0.25) is 0 Å². The summed E-state index contributed by atoms with van der Waals surface area (Å²) < 4.78 is 0. The molecule has 0 aliphatic heterocycles. The molecule has 4 nitrogen and oxygen atoms in total. The minimum Gasteiger partial charge on any atom is -0.307 e. The quantitative estimate of drug-likeness (QED) is 0.244. The van der Waals surface area contributed by atoms with Crippen LogP contribution in [0.2, 0.25) is 0 Å². The summed E-state index contributed by atoms with van der Waals surface area (Å²) >= 11 is 0. The first-order valence-electron chi connectivity index (χ1n) is 3.32. The Balaban J connectivity index is 4.96. The third kappa shape index (κ3) is 2.84. The second kappa shape index (κ2) is 3.17. The van der Waals surface area contributed by atoms with Crippen LogP contribution in [-0.4, -0.2) is 19.3 Å². The lowest BCUT2D eigenvalue weighted by molar-refractivity contribution is -0.109. The van der Waals surface area contributed by atoms with Crippen molar-refractivity contribution in [3.63, 3.8) is 0 Å². The van der Waals surface area contributed by atoms with Crippen LogP contribution in [0.1, 0.15) is 13.8 Å². The van der Waals surface area contributed by atoms with Gasteiger partial charge in [0.1, 0.15) is 11.5 Å². The Morgan fingerprint density at radius 3 is 1.64 bits per heavy atom. The molecule has 0 amide bonds. The topological polar surface area (TPSA) is 95.1 Å². The van der Waals surface area contributed by atoms with Crippen LogP contribution in [0, 0.1) is 0 Å². The standard InChI is InChI=1S/C6H14BN3O/c1-3(2)4(5(7)11)6(8,9)10/h7-10H2,1-2H3. The van der Waals surface area contributed by atoms with Crippen molar-refractivity contribution in [1.29, 1.82) is 0 Å². The normalized spacial score (nSPS) is 11.0. The van der Waals surface area contributed by atoms with Gasteiger partial charge in [-0.05, 0) is 13.8 Å². The first-order valence-corrected chi connectivity index (χ1v) is 3.32. The molecule has 62 valence electrons. The minimum atomic E-state index is -1.51. The van der Waals surface area contributed by atoms with Crippen molar-refractivity contribution in [1.82, 2.24) is 0 Å². The van der Waals surface area contributed by atoms with E-state index in [1.165, 1.54) is 7.85 Å². The van der Waals surface area contributed by atoms with Gasteiger partial charge >= 0.3 is 0 Å². The molecule has 0 spiro atoms. The van der Waals surface area contributed by atoms with Crippen LogP contribution in [0.15, 0.2) is 11.1 Å². The van der Waals surface area contributed by atoms with Crippen LogP contribution in [-0.2, 0) is 4.79 Å². The lowest BCUT2D eigenvalue weighted by Crippen LogP contribution is -2.61. The van der Waals surface area contributed by atoms with Gasteiger partial charge in [-0.1, -0.05) is 5.57 Å². The zero-order valence-corrected chi connectivity index (χ0v) is 7.14. The third-order valence-corrected chi connectivity index (χ3v) is 1.29. The Labute approximate surface area is 67.2 Å². The molecular formula is C6H14BN3O. The summed E-state index contributed by atoms with van der Waals surface area (Å²) in [5, 5.41) is 0. The van der Waals surface area contributed by atoms with Crippen molar-refractivity contribution in [3.8, 4) is 0 Å². The molecule has 0 bridgehead atoms. The monoisotopic (exact) mass is 155 g/mol. The van der Waals surface area contributed by atoms with Gasteiger partial charge in [-0.2, -0.15) is 0 Å². The van der Waals surface area contributed by atoms with Gasteiger partial charge in [0.15, 0.2) is 7.85 Å². The molecule has 0 heterocycles. The van der Waals surface area contributed by atoms with E-state index in [0.29, 0.717) is 0 Å². The highest BCUT2D eigenvalue weighted by Crippen LogP contribution is 2.08.